The maximum absolute atomic E-state index is 3.43. The van der Waals surface area contributed by atoms with E-state index < -0.39 is 0 Å². The van der Waals surface area contributed by atoms with Crippen molar-refractivity contribution in [2.45, 2.75) is 33.2 Å². The fourth-order valence-electron chi connectivity index (χ4n) is 3.31. The highest BCUT2D eigenvalue weighted by Crippen LogP contribution is 2.24. The molecular formula is C18H27N3. The molecule has 1 aromatic heterocycles. The Bertz CT molecular complexity index is 594. The molecule has 0 saturated carbocycles. The average Bonchev–Trinajstić information content (AvgIpc) is 2.91. The highest BCUT2D eigenvalue weighted by Gasteiger charge is 2.12. The molecule has 3 nitrogen and oxygen atoms in total. The third-order valence-corrected chi connectivity index (χ3v) is 4.68. The van der Waals surface area contributed by atoms with E-state index >= 15 is 0 Å². The molecule has 1 aromatic carbocycles. The molecule has 21 heavy (non-hydrogen) atoms. The van der Waals surface area contributed by atoms with Gasteiger partial charge in [0.15, 0.2) is 0 Å². The molecule has 0 atom stereocenters. The van der Waals surface area contributed by atoms with Crippen molar-refractivity contribution in [2.75, 3.05) is 32.7 Å². The number of fused-ring (bicyclic) bond motifs is 1. The molecule has 1 fully saturated rings. The van der Waals surface area contributed by atoms with E-state index in [-0.39, 0.29) is 0 Å². The van der Waals surface area contributed by atoms with E-state index in [1.54, 1.807) is 0 Å². The molecule has 0 bridgehead atoms. The van der Waals surface area contributed by atoms with Gasteiger partial charge in [-0.2, -0.15) is 0 Å². The Labute approximate surface area is 127 Å². The summed E-state index contributed by atoms with van der Waals surface area (Å²) in [6.45, 7) is 11.3. The van der Waals surface area contributed by atoms with Crippen LogP contribution in [0.5, 0.6) is 0 Å². The molecule has 0 aliphatic carbocycles. The van der Waals surface area contributed by atoms with Crippen molar-refractivity contribution in [1.82, 2.24) is 14.8 Å². The molecular weight excluding hydrogens is 258 g/mol. The van der Waals surface area contributed by atoms with Crippen LogP contribution in [0.4, 0.5) is 0 Å². The molecule has 0 spiro atoms. The Balaban J connectivity index is 1.82. The van der Waals surface area contributed by atoms with Gasteiger partial charge in [-0.1, -0.05) is 13.0 Å². The fourth-order valence-corrected chi connectivity index (χ4v) is 3.31. The van der Waals surface area contributed by atoms with Crippen LogP contribution in [0.2, 0.25) is 0 Å². The number of aromatic nitrogens is 1. The second-order valence-electron chi connectivity index (χ2n) is 5.99. The van der Waals surface area contributed by atoms with Crippen LogP contribution in [-0.2, 0) is 19.4 Å². The van der Waals surface area contributed by atoms with Gasteiger partial charge in [0, 0.05) is 56.4 Å². The lowest BCUT2D eigenvalue weighted by Gasteiger charge is -2.26. The zero-order valence-electron chi connectivity index (χ0n) is 13.4. The molecule has 0 radical (unpaired) electrons. The van der Waals surface area contributed by atoms with E-state index in [0.29, 0.717) is 0 Å². The first-order valence-corrected chi connectivity index (χ1v) is 8.35. The van der Waals surface area contributed by atoms with Gasteiger partial charge in [-0.3, -0.25) is 0 Å². The molecule has 1 saturated heterocycles. The summed E-state index contributed by atoms with van der Waals surface area (Å²) in [6.07, 6.45) is 4.65. The Morgan fingerprint density at radius 2 is 1.95 bits per heavy atom. The van der Waals surface area contributed by atoms with Crippen molar-refractivity contribution >= 4 is 10.9 Å². The standard InChI is InChI=1S/C18H27N3/c1-3-15-5-6-18-17(13-15)16(14-21(18)4-2)7-10-20-11-8-19-9-12-20/h5-6,13-14,19H,3-4,7-12H2,1-2H3. The predicted molar refractivity (Wildman–Crippen MR) is 90.0 cm³/mol. The van der Waals surface area contributed by atoms with Gasteiger partial charge < -0.3 is 14.8 Å². The summed E-state index contributed by atoms with van der Waals surface area (Å²) >= 11 is 0. The normalized spacial score (nSPS) is 16.7. The van der Waals surface area contributed by atoms with Gasteiger partial charge in [0.2, 0.25) is 0 Å². The number of aryl methyl sites for hydroxylation is 2. The predicted octanol–water partition coefficient (Wildman–Crippen LogP) is 2.67. The third kappa shape index (κ3) is 3.14. The Hall–Kier alpha value is -1.32. The van der Waals surface area contributed by atoms with Crippen molar-refractivity contribution in [3.63, 3.8) is 0 Å². The summed E-state index contributed by atoms with van der Waals surface area (Å²) in [5, 5.41) is 4.89. The molecule has 1 N–H and O–H groups in total. The summed E-state index contributed by atoms with van der Waals surface area (Å²) < 4.78 is 2.39. The number of hydrogen-bond acceptors (Lipinski definition) is 2. The quantitative estimate of drug-likeness (QED) is 0.911. The lowest BCUT2D eigenvalue weighted by atomic mass is 10.1. The van der Waals surface area contributed by atoms with Gasteiger partial charge in [-0.25, -0.2) is 0 Å². The van der Waals surface area contributed by atoms with Crippen LogP contribution in [-0.4, -0.2) is 42.2 Å². The van der Waals surface area contributed by atoms with Crippen molar-refractivity contribution in [3.8, 4) is 0 Å². The second kappa shape index (κ2) is 6.63. The zero-order chi connectivity index (χ0) is 14.7. The summed E-state index contributed by atoms with van der Waals surface area (Å²) in [7, 11) is 0. The second-order valence-corrected chi connectivity index (χ2v) is 5.99. The summed E-state index contributed by atoms with van der Waals surface area (Å²) in [5.41, 5.74) is 4.35. The van der Waals surface area contributed by atoms with Crippen LogP contribution < -0.4 is 5.32 Å². The first kappa shape index (κ1) is 14.6. The van der Waals surface area contributed by atoms with Crippen LogP contribution >= 0.6 is 0 Å². The monoisotopic (exact) mass is 285 g/mol. The molecule has 2 aromatic rings. The average molecular weight is 285 g/mol. The Morgan fingerprint density at radius 3 is 2.67 bits per heavy atom. The topological polar surface area (TPSA) is 20.2 Å². The number of nitrogens with zero attached hydrogens (tertiary/aromatic N) is 2. The third-order valence-electron chi connectivity index (χ3n) is 4.68. The summed E-state index contributed by atoms with van der Waals surface area (Å²) in [5.74, 6) is 0. The van der Waals surface area contributed by atoms with E-state index in [9.17, 15) is 0 Å². The van der Waals surface area contributed by atoms with Crippen LogP contribution in [0.25, 0.3) is 10.9 Å². The molecule has 2 heterocycles. The van der Waals surface area contributed by atoms with E-state index in [0.717, 1.165) is 32.5 Å². The largest absolute Gasteiger partial charge is 0.347 e. The lowest BCUT2D eigenvalue weighted by molar-refractivity contribution is 0.244. The molecule has 3 rings (SSSR count). The molecule has 3 heteroatoms. The van der Waals surface area contributed by atoms with Crippen LogP contribution in [0, 0.1) is 0 Å². The Kier molecular flexibility index (Phi) is 4.61. The minimum absolute atomic E-state index is 1.05. The van der Waals surface area contributed by atoms with E-state index in [2.05, 4.69) is 53.0 Å². The minimum Gasteiger partial charge on any atom is -0.347 e. The molecule has 1 aliphatic heterocycles. The number of rotatable bonds is 5. The molecule has 0 amide bonds. The maximum Gasteiger partial charge on any atom is 0.0483 e. The van der Waals surface area contributed by atoms with Crippen LogP contribution in [0.1, 0.15) is 25.0 Å². The van der Waals surface area contributed by atoms with Crippen molar-refractivity contribution in [2.24, 2.45) is 0 Å². The summed E-state index contributed by atoms with van der Waals surface area (Å²) in [4.78, 5) is 2.58. The highest BCUT2D eigenvalue weighted by atomic mass is 15.2. The van der Waals surface area contributed by atoms with Gasteiger partial charge in [-0.15, -0.1) is 0 Å². The highest BCUT2D eigenvalue weighted by molar-refractivity contribution is 5.84. The number of nitrogens with one attached hydrogen (secondary N) is 1. The van der Waals surface area contributed by atoms with Gasteiger partial charge >= 0.3 is 0 Å². The molecule has 114 valence electrons. The van der Waals surface area contributed by atoms with E-state index in [1.165, 1.54) is 41.7 Å². The molecule has 0 unspecified atom stereocenters. The van der Waals surface area contributed by atoms with Crippen molar-refractivity contribution in [1.29, 1.82) is 0 Å². The van der Waals surface area contributed by atoms with Gasteiger partial charge in [0.25, 0.3) is 0 Å². The zero-order valence-corrected chi connectivity index (χ0v) is 13.4. The Morgan fingerprint density at radius 1 is 1.14 bits per heavy atom. The first-order chi connectivity index (χ1) is 10.3. The minimum atomic E-state index is 1.05. The van der Waals surface area contributed by atoms with E-state index in [4.69, 9.17) is 0 Å². The van der Waals surface area contributed by atoms with Crippen LogP contribution in [0.15, 0.2) is 24.4 Å². The number of piperazine rings is 1. The maximum atomic E-state index is 3.43. The molecule has 1 aliphatic rings. The van der Waals surface area contributed by atoms with Gasteiger partial charge in [-0.05, 0) is 43.0 Å². The van der Waals surface area contributed by atoms with E-state index in [1.807, 2.05) is 0 Å². The summed E-state index contributed by atoms with van der Waals surface area (Å²) in [6, 6.07) is 6.97. The van der Waals surface area contributed by atoms with Crippen LogP contribution in [0.3, 0.4) is 0 Å². The van der Waals surface area contributed by atoms with Crippen molar-refractivity contribution < 1.29 is 0 Å². The number of benzene rings is 1. The first-order valence-electron chi connectivity index (χ1n) is 8.35. The lowest BCUT2D eigenvalue weighted by Crippen LogP contribution is -2.44. The van der Waals surface area contributed by atoms with Crippen molar-refractivity contribution in [3.05, 3.63) is 35.5 Å². The fraction of sp³-hybridized carbons (Fsp3) is 0.556. The van der Waals surface area contributed by atoms with Gasteiger partial charge in [0.1, 0.15) is 0 Å². The smallest absolute Gasteiger partial charge is 0.0483 e. The van der Waals surface area contributed by atoms with Gasteiger partial charge in [0.05, 0.1) is 0 Å². The number of hydrogen-bond donors (Lipinski definition) is 1. The SMILES string of the molecule is CCc1ccc2c(c1)c(CCN1CCNCC1)cn2CC.